The zero-order valence-electron chi connectivity index (χ0n) is 14.6. The van der Waals surface area contributed by atoms with Gasteiger partial charge in [0.05, 0.1) is 11.9 Å². The molecule has 2 aromatic rings. The van der Waals surface area contributed by atoms with Gasteiger partial charge in [-0.15, -0.1) is 0 Å². The second-order valence-electron chi connectivity index (χ2n) is 5.99. The molecule has 1 aliphatic rings. The van der Waals surface area contributed by atoms with Crippen LogP contribution in [0.15, 0.2) is 42.5 Å². The number of benzene rings is 2. The quantitative estimate of drug-likeness (QED) is 0.777. The Morgan fingerprint density at radius 1 is 1.19 bits per heavy atom. The summed E-state index contributed by atoms with van der Waals surface area (Å²) in [6.45, 7) is 0.0616. The zero-order chi connectivity index (χ0) is 19.4. The van der Waals surface area contributed by atoms with Crippen molar-refractivity contribution in [2.24, 2.45) is 0 Å². The summed E-state index contributed by atoms with van der Waals surface area (Å²) < 4.78 is 49.5. The van der Waals surface area contributed by atoms with Crippen molar-refractivity contribution in [2.45, 2.75) is 13.0 Å². The van der Waals surface area contributed by atoms with Crippen LogP contribution in [-0.4, -0.2) is 33.9 Å². The van der Waals surface area contributed by atoms with Gasteiger partial charge in [-0.2, -0.15) is 0 Å². The number of anilines is 1. The van der Waals surface area contributed by atoms with E-state index in [-0.39, 0.29) is 32.2 Å². The van der Waals surface area contributed by atoms with E-state index in [0.717, 1.165) is 10.6 Å². The second-order valence-corrected chi connectivity index (χ2v) is 7.90. The van der Waals surface area contributed by atoms with Gasteiger partial charge >= 0.3 is 0 Å². The van der Waals surface area contributed by atoms with Crippen molar-refractivity contribution < 1.29 is 27.1 Å². The molecule has 0 saturated carbocycles. The van der Waals surface area contributed by atoms with Crippen LogP contribution >= 0.6 is 0 Å². The van der Waals surface area contributed by atoms with Crippen LogP contribution in [0.1, 0.15) is 12.0 Å². The lowest BCUT2D eigenvalue weighted by Crippen LogP contribution is -2.34. The van der Waals surface area contributed by atoms with Gasteiger partial charge in [0.25, 0.3) is 0 Å². The van der Waals surface area contributed by atoms with Gasteiger partial charge in [0.2, 0.25) is 22.7 Å². The summed E-state index contributed by atoms with van der Waals surface area (Å²) in [4.78, 5) is 12.1. The number of fused-ring (bicyclic) bond motifs is 1. The predicted molar refractivity (Wildman–Crippen MR) is 97.6 cm³/mol. The van der Waals surface area contributed by atoms with E-state index in [2.05, 4.69) is 5.32 Å². The van der Waals surface area contributed by atoms with Crippen molar-refractivity contribution in [3.8, 4) is 11.5 Å². The molecule has 0 spiro atoms. The highest BCUT2D eigenvalue weighted by atomic mass is 32.2. The first-order chi connectivity index (χ1) is 12.8. The van der Waals surface area contributed by atoms with Gasteiger partial charge in [0.15, 0.2) is 11.5 Å². The fourth-order valence-corrected chi connectivity index (χ4v) is 3.57. The van der Waals surface area contributed by atoms with Gasteiger partial charge in [-0.3, -0.25) is 9.10 Å². The van der Waals surface area contributed by atoms with E-state index in [0.29, 0.717) is 22.7 Å². The van der Waals surface area contributed by atoms with Crippen LogP contribution in [0, 0.1) is 5.82 Å². The van der Waals surface area contributed by atoms with E-state index in [1.165, 1.54) is 6.07 Å². The van der Waals surface area contributed by atoms with Crippen LogP contribution in [0.2, 0.25) is 0 Å². The molecule has 0 fully saturated rings. The third kappa shape index (κ3) is 4.68. The Labute approximate surface area is 156 Å². The number of nitrogens with one attached hydrogen (secondary N) is 1. The maximum absolute atomic E-state index is 13.6. The fraction of sp³-hybridized carbons (Fsp3) is 0.278. The first-order valence-corrected chi connectivity index (χ1v) is 10.1. The summed E-state index contributed by atoms with van der Waals surface area (Å²) in [6, 6.07) is 10.9. The zero-order valence-corrected chi connectivity index (χ0v) is 15.5. The molecule has 144 valence electrons. The number of carbonyl (C=O) groups is 1. The van der Waals surface area contributed by atoms with Crippen LogP contribution < -0.4 is 19.1 Å². The molecule has 0 aromatic heterocycles. The molecule has 27 heavy (non-hydrogen) atoms. The largest absolute Gasteiger partial charge is 0.454 e. The number of halogens is 1. The van der Waals surface area contributed by atoms with Crippen molar-refractivity contribution in [1.82, 2.24) is 5.32 Å². The molecule has 7 nitrogen and oxygen atoms in total. The Morgan fingerprint density at radius 2 is 1.93 bits per heavy atom. The van der Waals surface area contributed by atoms with Gasteiger partial charge in [0, 0.05) is 31.1 Å². The van der Waals surface area contributed by atoms with Crippen LogP contribution in [0.4, 0.5) is 10.1 Å². The molecule has 0 saturated heterocycles. The number of nitrogens with zero attached hydrogens (tertiary/aromatic N) is 1. The second kappa shape index (κ2) is 7.83. The minimum Gasteiger partial charge on any atom is -0.454 e. The minimum atomic E-state index is -3.61. The summed E-state index contributed by atoms with van der Waals surface area (Å²) >= 11 is 0. The van der Waals surface area contributed by atoms with Crippen molar-refractivity contribution in [3.05, 3.63) is 53.8 Å². The summed E-state index contributed by atoms with van der Waals surface area (Å²) in [5.74, 6) is 0.198. The predicted octanol–water partition coefficient (Wildman–Crippen LogP) is 2.03. The summed E-state index contributed by atoms with van der Waals surface area (Å²) in [6.07, 6.45) is 0.991. The maximum Gasteiger partial charge on any atom is 0.232 e. The van der Waals surface area contributed by atoms with E-state index in [1.54, 1.807) is 36.4 Å². The first-order valence-electron chi connectivity index (χ1n) is 8.22. The summed E-state index contributed by atoms with van der Waals surface area (Å²) in [5, 5.41) is 2.59. The number of hydrogen-bond donors (Lipinski definition) is 1. The molecule has 0 bridgehead atoms. The van der Waals surface area contributed by atoms with Crippen LogP contribution in [-0.2, 0) is 21.4 Å². The van der Waals surface area contributed by atoms with Crippen LogP contribution in [0.5, 0.6) is 11.5 Å². The lowest BCUT2D eigenvalue weighted by Gasteiger charge is -2.22. The van der Waals surface area contributed by atoms with Gasteiger partial charge in [-0.1, -0.05) is 18.2 Å². The Kier molecular flexibility index (Phi) is 5.50. The molecule has 9 heteroatoms. The number of sulfonamides is 1. The lowest BCUT2D eigenvalue weighted by atomic mass is 10.2. The highest BCUT2D eigenvalue weighted by Gasteiger charge is 2.22. The normalized spacial score (nSPS) is 12.7. The third-order valence-corrected chi connectivity index (χ3v) is 5.21. The van der Waals surface area contributed by atoms with Crippen molar-refractivity contribution in [2.75, 3.05) is 23.9 Å². The molecule has 0 atom stereocenters. The smallest absolute Gasteiger partial charge is 0.232 e. The van der Waals surface area contributed by atoms with Crippen LogP contribution in [0.25, 0.3) is 0 Å². The van der Waals surface area contributed by atoms with E-state index in [9.17, 15) is 17.6 Å². The number of rotatable bonds is 7. The molecule has 2 aromatic carbocycles. The van der Waals surface area contributed by atoms with E-state index in [1.807, 2.05) is 0 Å². The van der Waals surface area contributed by atoms with Crippen molar-refractivity contribution >= 4 is 21.6 Å². The maximum atomic E-state index is 13.6. The SMILES string of the molecule is CS(=O)(=O)N(CCC(=O)NCc1ccccc1F)c1ccc2c(c1)OCO2. The summed E-state index contributed by atoms with van der Waals surface area (Å²) in [7, 11) is -3.61. The average molecular weight is 394 g/mol. The lowest BCUT2D eigenvalue weighted by molar-refractivity contribution is -0.121. The van der Waals surface area contributed by atoms with Crippen LogP contribution in [0.3, 0.4) is 0 Å². The van der Waals surface area contributed by atoms with Gasteiger partial charge in [-0.25, -0.2) is 12.8 Å². The molecule has 1 N–H and O–H groups in total. The number of ether oxygens (including phenoxy) is 2. The molecule has 1 amide bonds. The first kappa shape index (κ1) is 19.0. The number of hydrogen-bond acceptors (Lipinski definition) is 5. The minimum absolute atomic E-state index is 0.0361. The Morgan fingerprint density at radius 3 is 2.67 bits per heavy atom. The van der Waals surface area contributed by atoms with Gasteiger partial charge < -0.3 is 14.8 Å². The number of carbonyl (C=O) groups excluding carboxylic acids is 1. The standard InChI is InChI=1S/C18H19FN2O5S/c1-27(23,24)21(14-6-7-16-17(10-14)26-12-25-16)9-8-18(22)20-11-13-4-2-3-5-15(13)19/h2-7,10H,8-9,11-12H2,1H3,(H,20,22). The highest BCUT2D eigenvalue weighted by Crippen LogP contribution is 2.36. The van der Waals surface area contributed by atoms with E-state index < -0.39 is 15.8 Å². The highest BCUT2D eigenvalue weighted by molar-refractivity contribution is 7.92. The van der Waals surface area contributed by atoms with Crippen molar-refractivity contribution in [3.63, 3.8) is 0 Å². The topological polar surface area (TPSA) is 84.9 Å². The van der Waals surface area contributed by atoms with E-state index in [4.69, 9.17) is 9.47 Å². The third-order valence-electron chi connectivity index (χ3n) is 4.02. The monoisotopic (exact) mass is 394 g/mol. The molecular weight excluding hydrogens is 375 g/mol. The average Bonchev–Trinajstić information content (AvgIpc) is 3.08. The Hall–Kier alpha value is -2.81. The Bertz CT molecular complexity index is 949. The molecular formula is C18H19FN2O5S. The van der Waals surface area contributed by atoms with Gasteiger partial charge in [-0.05, 0) is 18.2 Å². The molecule has 1 heterocycles. The molecule has 0 unspecified atom stereocenters. The molecule has 0 aliphatic carbocycles. The van der Waals surface area contributed by atoms with Crippen molar-refractivity contribution in [1.29, 1.82) is 0 Å². The van der Waals surface area contributed by atoms with Gasteiger partial charge in [0.1, 0.15) is 5.82 Å². The Balaban J connectivity index is 1.64. The van der Waals surface area contributed by atoms with E-state index >= 15 is 0 Å². The fourth-order valence-electron chi connectivity index (χ4n) is 2.65. The molecule has 3 rings (SSSR count). The number of amides is 1. The molecule has 0 radical (unpaired) electrons. The molecule has 1 aliphatic heterocycles. The summed E-state index contributed by atoms with van der Waals surface area (Å²) in [5.41, 5.74) is 0.741.